The van der Waals surface area contributed by atoms with Crippen LogP contribution < -0.4 is 5.32 Å². The van der Waals surface area contributed by atoms with Gasteiger partial charge in [-0.2, -0.15) is 0 Å². The van der Waals surface area contributed by atoms with Crippen LogP contribution >= 0.6 is 0 Å². The molecule has 0 saturated carbocycles. The molecule has 0 radical (unpaired) electrons. The zero-order chi connectivity index (χ0) is 14.4. The van der Waals surface area contributed by atoms with Crippen molar-refractivity contribution in [1.82, 2.24) is 10.5 Å². The molecule has 0 fully saturated rings. The monoisotopic (exact) mass is 274 g/mol. The van der Waals surface area contributed by atoms with Crippen molar-refractivity contribution < 1.29 is 18.8 Å². The maximum Gasteiger partial charge on any atom is 0.273 e. The highest BCUT2D eigenvalue weighted by Crippen LogP contribution is 2.05. The van der Waals surface area contributed by atoms with Gasteiger partial charge in [-0.25, -0.2) is 0 Å². The van der Waals surface area contributed by atoms with Gasteiger partial charge in [-0.3, -0.25) is 9.59 Å². The second-order valence-electron chi connectivity index (χ2n) is 4.08. The highest BCUT2D eigenvalue weighted by molar-refractivity contribution is 6.01. The summed E-state index contributed by atoms with van der Waals surface area (Å²) in [5.41, 5.74) is 0.672. The molecule has 0 aliphatic rings. The van der Waals surface area contributed by atoms with Gasteiger partial charge in [0, 0.05) is 18.7 Å². The van der Waals surface area contributed by atoms with Crippen molar-refractivity contribution in [2.24, 2.45) is 0 Å². The van der Waals surface area contributed by atoms with Gasteiger partial charge in [0.15, 0.2) is 17.2 Å². The fraction of sp³-hybridized carbons (Fsp3) is 0.214. The average molecular weight is 274 g/mol. The van der Waals surface area contributed by atoms with Crippen LogP contribution in [-0.2, 0) is 11.3 Å². The lowest BCUT2D eigenvalue weighted by atomic mass is 10.1. The first-order valence-electron chi connectivity index (χ1n) is 6.01. The maximum atomic E-state index is 11.8. The SMILES string of the molecule is COCc1cc(C(=O)NCC(=O)c2ccccc2)no1. The Hall–Kier alpha value is -2.47. The van der Waals surface area contributed by atoms with E-state index < -0.39 is 5.91 Å². The minimum atomic E-state index is -0.458. The van der Waals surface area contributed by atoms with Gasteiger partial charge < -0.3 is 14.6 Å². The van der Waals surface area contributed by atoms with Crippen molar-refractivity contribution in [3.05, 3.63) is 53.4 Å². The molecule has 1 aromatic heterocycles. The van der Waals surface area contributed by atoms with E-state index in [0.29, 0.717) is 11.3 Å². The maximum absolute atomic E-state index is 11.8. The second kappa shape index (κ2) is 6.63. The first kappa shape index (κ1) is 14.0. The van der Waals surface area contributed by atoms with Crippen molar-refractivity contribution >= 4 is 11.7 Å². The van der Waals surface area contributed by atoms with Crippen molar-refractivity contribution in [2.45, 2.75) is 6.61 Å². The van der Waals surface area contributed by atoms with E-state index >= 15 is 0 Å². The van der Waals surface area contributed by atoms with E-state index in [9.17, 15) is 9.59 Å². The fourth-order valence-electron chi connectivity index (χ4n) is 1.61. The van der Waals surface area contributed by atoms with Gasteiger partial charge in [-0.05, 0) is 0 Å². The average Bonchev–Trinajstić information content (AvgIpc) is 2.94. The van der Waals surface area contributed by atoms with Crippen LogP contribution in [0.2, 0.25) is 0 Å². The van der Waals surface area contributed by atoms with E-state index in [4.69, 9.17) is 9.26 Å². The molecule has 6 nitrogen and oxygen atoms in total. The summed E-state index contributed by atoms with van der Waals surface area (Å²) in [4.78, 5) is 23.6. The number of Topliss-reactive ketones (excluding diaryl/α,β-unsaturated/α-hetero) is 1. The van der Waals surface area contributed by atoms with Crippen LogP contribution in [0.25, 0.3) is 0 Å². The Morgan fingerprint density at radius 3 is 2.75 bits per heavy atom. The molecule has 20 heavy (non-hydrogen) atoms. The van der Waals surface area contributed by atoms with Crippen molar-refractivity contribution in [1.29, 1.82) is 0 Å². The molecule has 0 saturated heterocycles. The molecule has 1 amide bonds. The third-order valence-electron chi connectivity index (χ3n) is 2.58. The third kappa shape index (κ3) is 3.52. The molecule has 2 rings (SSSR count). The summed E-state index contributed by atoms with van der Waals surface area (Å²) >= 11 is 0. The summed E-state index contributed by atoms with van der Waals surface area (Å²) in [6.07, 6.45) is 0. The summed E-state index contributed by atoms with van der Waals surface area (Å²) in [6.45, 7) is 0.151. The van der Waals surface area contributed by atoms with E-state index in [2.05, 4.69) is 10.5 Å². The largest absolute Gasteiger partial charge is 0.377 e. The topological polar surface area (TPSA) is 81.4 Å². The van der Waals surface area contributed by atoms with Crippen LogP contribution in [0.3, 0.4) is 0 Å². The summed E-state index contributed by atoms with van der Waals surface area (Å²) in [5.74, 6) is -0.174. The quantitative estimate of drug-likeness (QED) is 0.806. The number of nitrogens with zero attached hydrogens (tertiary/aromatic N) is 1. The molecular weight excluding hydrogens is 260 g/mol. The molecule has 0 atom stereocenters. The molecule has 0 spiro atoms. The first-order chi connectivity index (χ1) is 9.70. The number of ether oxygens (including phenoxy) is 1. The number of aromatic nitrogens is 1. The normalized spacial score (nSPS) is 10.2. The number of carbonyl (C=O) groups excluding carboxylic acids is 2. The van der Waals surface area contributed by atoms with Gasteiger partial charge >= 0.3 is 0 Å². The number of benzene rings is 1. The molecule has 1 aromatic carbocycles. The first-order valence-corrected chi connectivity index (χ1v) is 6.01. The molecule has 0 aliphatic heterocycles. The smallest absolute Gasteiger partial charge is 0.273 e. The van der Waals surface area contributed by atoms with Crippen LogP contribution in [0.5, 0.6) is 0 Å². The summed E-state index contributed by atoms with van der Waals surface area (Å²) in [6, 6.07) is 10.2. The van der Waals surface area contributed by atoms with Crippen LogP contribution in [0, 0.1) is 0 Å². The minimum absolute atomic E-state index is 0.0880. The molecule has 104 valence electrons. The number of carbonyl (C=O) groups is 2. The van der Waals surface area contributed by atoms with Gasteiger partial charge in [0.2, 0.25) is 0 Å². The number of rotatable bonds is 6. The number of ketones is 1. The molecule has 0 aliphatic carbocycles. The lowest BCUT2D eigenvalue weighted by Crippen LogP contribution is -2.29. The molecule has 0 bridgehead atoms. The predicted octanol–water partition coefficient (Wildman–Crippen LogP) is 1.43. The van der Waals surface area contributed by atoms with Crippen LogP contribution in [0.1, 0.15) is 26.6 Å². The number of hydrogen-bond donors (Lipinski definition) is 1. The summed E-state index contributed by atoms with van der Waals surface area (Å²) < 4.78 is 9.75. The van der Waals surface area contributed by atoms with Crippen LogP contribution in [-0.4, -0.2) is 30.5 Å². The molecule has 1 N–H and O–H groups in total. The van der Waals surface area contributed by atoms with Gasteiger partial charge in [-0.15, -0.1) is 0 Å². The lowest BCUT2D eigenvalue weighted by molar-refractivity contribution is 0.0897. The molecule has 6 heteroatoms. The molecular formula is C14H14N2O4. The van der Waals surface area contributed by atoms with Gasteiger partial charge in [-0.1, -0.05) is 35.5 Å². The molecule has 0 unspecified atom stereocenters. The zero-order valence-electron chi connectivity index (χ0n) is 11.0. The number of methoxy groups -OCH3 is 1. The lowest BCUT2D eigenvalue weighted by Gasteiger charge is -2.02. The van der Waals surface area contributed by atoms with Crippen LogP contribution in [0.4, 0.5) is 0 Å². The van der Waals surface area contributed by atoms with Gasteiger partial charge in [0.25, 0.3) is 5.91 Å². The Labute approximate surface area is 115 Å². The molecule has 2 aromatic rings. The minimum Gasteiger partial charge on any atom is -0.377 e. The standard InChI is InChI=1S/C14H14N2O4/c1-19-9-11-7-12(16-20-11)14(18)15-8-13(17)10-5-3-2-4-6-10/h2-7H,8-9H2,1H3,(H,15,18). The third-order valence-corrected chi connectivity index (χ3v) is 2.58. The second-order valence-corrected chi connectivity index (χ2v) is 4.08. The van der Waals surface area contributed by atoms with Crippen LogP contribution in [0.15, 0.2) is 40.9 Å². The highest BCUT2D eigenvalue weighted by Gasteiger charge is 2.14. The number of hydrogen-bond acceptors (Lipinski definition) is 5. The van der Waals surface area contributed by atoms with E-state index in [1.165, 1.54) is 13.2 Å². The zero-order valence-corrected chi connectivity index (χ0v) is 11.0. The number of nitrogens with one attached hydrogen (secondary N) is 1. The van der Waals surface area contributed by atoms with Crippen molar-refractivity contribution in [3.8, 4) is 0 Å². The number of amides is 1. The Bertz CT molecular complexity index is 592. The predicted molar refractivity (Wildman–Crippen MR) is 70.3 cm³/mol. The van der Waals surface area contributed by atoms with Crippen molar-refractivity contribution in [3.63, 3.8) is 0 Å². The Morgan fingerprint density at radius 2 is 2.05 bits per heavy atom. The Kier molecular flexibility index (Phi) is 4.62. The van der Waals surface area contributed by atoms with E-state index in [1.54, 1.807) is 24.3 Å². The van der Waals surface area contributed by atoms with E-state index in [1.807, 2.05) is 6.07 Å². The van der Waals surface area contributed by atoms with Gasteiger partial charge in [0.05, 0.1) is 6.54 Å². The summed E-state index contributed by atoms with van der Waals surface area (Å²) in [7, 11) is 1.51. The van der Waals surface area contributed by atoms with Gasteiger partial charge in [0.1, 0.15) is 6.61 Å². The fourth-order valence-corrected chi connectivity index (χ4v) is 1.61. The summed E-state index contributed by atoms with van der Waals surface area (Å²) in [5, 5.41) is 6.11. The molecule has 1 heterocycles. The van der Waals surface area contributed by atoms with E-state index in [-0.39, 0.29) is 24.6 Å². The Morgan fingerprint density at radius 1 is 1.30 bits per heavy atom. The highest BCUT2D eigenvalue weighted by atomic mass is 16.5. The van der Waals surface area contributed by atoms with E-state index in [0.717, 1.165) is 0 Å². The van der Waals surface area contributed by atoms with Crippen molar-refractivity contribution in [2.75, 3.05) is 13.7 Å². The Balaban J connectivity index is 1.90.